The fraction of sp³-hybridized carbons (Fsp3) is 0.917. The number of hydrogen-bond donors (Lipinski definition) is 0. The van der Waals surface area contributed by atoms with E-state index in [4.69, 9.17) is 0 Å². The van der Waals surface area contributed by atoms with Crippen molar-refractivity contribution in [1.82, 2.24) is 4.90 Å². The molecule has 84 valence electrons. The zero-order valence-corrected chi connectivity index (χ0v) is 10.5. The zero-order valence-electron chi connectivity index (χ0n) is 10.5. The van der Waals surface area contributed by atoms with Gasteiger partial charge in [-0.3, -0.25) is 9.69 Å². The molecule has 0 N–H and O–H groups in total. The third-order valence-electron chi connectivity index (χ3n) is 3.09. The Bertz CT molecular complexity index is 177. The maximum Gasteiger partial charge on any atom is 0.134 e. The van der Waals surface area contributed by atoms with Crippen LogP contribution in [0, 0.1) is 5.92 Å². The highest BCUT2D eigenvalue weighted by Crippen LogP contribution is 2.18. The van der Waals surface area contributed by atoms with Gasteiger partial charge < -0.3 is 0 Å². The standard InChI is InChI=1S/C12H25NO/c1-7-12(10(5)11(6)14)13(8-2)9(3)4/h9-10,12H,7-8H2,1-6H3. The maximum absolute atomic E-state index is 11.4. The second kappa shape index (κ2) is 6.18. The highest BCUT2D eigenvalue weighted by atomic mass is 16.1. The first-order chi connectivity index (χ1) is 6.45. The van der Waals surface area contributed by atoms with Gasteiger partial charge in [0.15, 0.2) is 0 Å². The number of carbonyl (C=O) groups is 1. The van der Waals surface area contributed by atoms with Crippen LogP contribution in [0.5, 0.6) is 0 Å². The Morgan fingerprint density at radius 2 is 1.71 bits per heavy atom. The molecule has 2 heteroatoms. The van der Waals surface area contributed by atoms with E-state index in [2.05, 4.69) is 32.6 Å². The smallest absolute Gasteiger partial charge is 0.134 e. The van der Waals surface area contributed by atoms with Gasteiger partial charge in [-0.1, -0.05) is 20.8 Å². The first-order valence-corrected chi connectivity index (χ1v) is 5.71. The van der Waals surface area contributed by atoms with Gasteiger partial charge in [-0.2, -0.15) is 0 Å². The van der Waals surface area contributed by atoms with Crippen molar-refractivity contribution in [3.05, 3.63) is 0 Å². The number of carbonyl (C=O) groups excluding carboxylic acids is 1. The number of hydrogen-bond acceptors (Lipinski definition) is 2. The summed E-state index contributed by atoms with van der Waals surface area (Å²) >= 11 is 0. The lowest BCUT2D eigenvalue weighted by Gasteiger charge is -2.36. The lowest BCUT2D eigenvalue weighted by atomic mass is 9.93. The predicted octanol–water partition coefficient (Wildman–Crippen LogP) is 2.72. The Balaban J connectivity index is 4.58. The first-order valence-electron chi connectivity index (χ1n) is 5.71. The van der Waals surface area contributed by atoms with E-state index in [1.54, 1.807) is 6.92 Å². The van der Waals surface area contributed by atoms with Crippen molar-refractivity contribution in [2.24, 2.45) is 5.92 Å². The molecule has 0 bridgehead atoms. The topological polar surface area (TPSA) is 20.3 Å². The molecule has 0 saturated carbocycles. The van der Waals surface area contributed by atoms with Crippen molar-refractivity contribution in [3.8, 4) is 0 Å². The summed E-state index contributed by atoms with van der Waals surface area (Å²) in [5, 5.41) is 0. The average Bonchev–Trinajstić information content (AvgIpc) is 2.11. The van der Waals surface area contributed by atoms with E-state index >= 15 is 0 Å². The molecular weight excluding hydrogens is 174 g/mol. The quantitative estimate of drug-likeness (QED) is 0.655. The van der Waals surface area contributed by atoms with Crippen LogP contribution < -0.4 is 0 Å². The molecular formula is C12H25NO. The van der Waals surface area contributed by atoms with E-state index in [1.165, 1.54) is 0 Å². The van der Waals surface area contributed by atoms with Crippen LogP contribution in [0.25, 0.3) is 0 Å². The summed E-state index contributed by atoms with van der Waals surface area (Å²) in [6, 6.07) is 0.921. The average molecular weight is 199 g/mol. The molecule has 0 aromatic carbocycles. The summed E-state index contributed by atoms with van der Waals surface area (Å²) in [5.41, 5.74) is 0. The van der Waals surface area contributed by atoms with Gasteiger partial charge >= 0.3 is 0 Å². The van der Waals surface area contributed by atoms with E-state index in [1.807, 2.05) is 6.92 Å². The molecule has 0 spiro atoms. The van der Waals surface area contributed by atoms with Gasteiger partial charge in [-0.15, -0.1) is 0 Å². The minimum atomic E-state index is 0.155. The van der Waals surface area contributed by atoms with Crippen molar-refractivity contribution >= 4 is 5.78 Å². The Morgan fingerprint density at radius 3 is 1.93 bits per heavy atom. The Kier molecular flexibility index (Phi) is 6.01. The molecule has 2 nitrogen and oxygen atoms in total. The van der Waals surface area contributed by atoms with Crippen LogP contribution in [0.4, 0.5) is 0 Å². The molecule has 0 aliphatic rings. The molecule has 0 aromatic rings. The fourth-order valence-electron chi connectivity index (χ4n) is 2.13. The van der Waals surface area contributed by atoms with Crippen molar-refractivity contribution in [2.45, 2.75) is 60.0 Å². The zero-order chi connectivity index (χ0) is 11.3. The molecule has 0 fully saturated rings. The van der Waals surface area contributed by atoms with E-state index in [9.17, 15) is 4.79 Å². The summed E-state index contributed by atoms with van der Waals surface area (Å²) in [6.45, 7) is 13.5. The molecule has 0 amide bonds. The second-order valence-electron chi connectivity index (χ2n) is 4.30. The van der Waals surface area contributed by atoms with Gasteiger partial charge in [0.2, 0.25) is 0 Å². The third-order valence-corrected chi connectivity index (χ3v) is 3.09. The largest absolute Gasteiger partial charge is 0.300 e. The van der Waals surface area contributed by atoms with Crippen molar-refractivity contribution in [1.29, 1.82) is 0 Å². The molecule has 0 radical (unpaired) electrons. The second-order valence-corrected chi connectivity index (χ2v) is 4.30. The SMILES string of the molecule is CCC(C(C)C(C)=O)N(CC)C(C)C. The van der Waals surface area contributed by atoms with E-state index in [0.717, 1.165) is 13.0 Å². The normalized spacial score (nSPS) is 16.0. The predicted molar refractivity (Wildman–Crippen MR) is 61.4 cm³/mol. The molecule has 2 unspecified atom stereocenters. The van der Waals surface area contributed by atoms with Crippen LogP contribution in [0.15, 0.2) is 0 Å². The third kappa shape index (κ3) is 3.41. The maximum atomic E-state index is 11.4. The van der Waals surface area contributed by atoms with E-state index < -0.39 is 0 Å². The fourth-order valence-corrected chi connectivity index (χ4v) is 2.13. The Hall–Kier alpha value is -0.370. The van der Waals surface area contributed by atoms with Crippen LogP contribution >= 0.6 is 0 Å². The van der Waals surface area contributed by atoms with Gasteiger partial charge in [0, 0.05) is 18.0 Å². The number of Topliss-reactive ketones (excluding diaryl/α,β-unsaturated/α-hetero) is 1. The molecule has 0 aliphatic heterocycles. The summed E-state index contributed by atoms with van der Waals surface area (Å²) in [4.78, 5) is 13.8. The van der Waals surface area contributed by atoms with Gasteiger partial charge in [-0.25, -0.2) is 0 Å². The molecule has 2 atom stereocenters. The summed E-state index contributed by atoms with van der Waals surface area (Å²) in [5.74, 6) is 0.457. The van der Waals surface area contributed by atoms with Crippen molar-refractivity contribution in [3.63, 3.8) is 0 Å². The van der Waals surface area contributed by atoms with Crippen molar-refractivity contribution in [2.75, 3.05) is 6.54 Å². The highest BCUT2D eigenvalue weighted by molar-refractivity contribution is 5.78. The molecule has 0 heterocycles. The van der Waals surface area contributed by atoms with Crippen LogP contribution in [-0.2, 0) is 4.79 Å². The summed E-state index contributed by atoms with van der Waals surface area (Å²) < 4.78 is 0. The van der Waals surface area contributed by atoms with Gasteiger partial charge in [0.1, 0.15) is 5.78 Å². The van der Waals surface area contributed by atoms with Gasteiger partial charge in [-0.05, 0) is 33.7 Å². The Labute approximate surface area is 88.7 Å². The number of rotatable bonds is 6. The lowest BCUT2D eigenvalue weighted by Crippen LogP contribution is -2.45. The first kappa shape index (κ1) is 13.6. The molecule has 0 saturated heterocycles. The van der Waals surface area contributed by atoms with Crippen LogP contribution in [0.3, 0.4) is 0 Å². The number of ketones is 1. The van der Waals surface area contributed by atoms with E-state index in [-0.39, 0.29) is 5.92 Å². The van der Waals surface area contributed by atoms with Gasteiger partial charge in [0.05, 0.1) is 0 Å². The van der Waals surface area contributed by atoms with Crippen LogP contribution in [0.2, 0.25) is 0 Å². The van der Waals surface area contributed by atoms with Crippen molar-refractivity contribution < 1.29 is 4.79 Å². The molecule has 14 heavy (non-hydrogen) atoms. The minimum absolute atomic E-state index is 0.155. The van der Waals surface area contributed by atoms with Crippen LogP contribution in [0.1, 0.15) is 48.0 Å². The van der Waals surface area contributed by atoms with Crippen LogP contribution in [-0.4, -0.2) is 29.3 Å². The Morgan fingerprint density at radius 1 is 1.21 bits per heavy atom. The number of nitrogens with zero attached hydrogens (tertiary/aromatic N) is 1. The lowest BCUT2D eigenvalue weighted by molar-refractivity contribution is -0.122. The minimum Gasteiger partial charge on any atom is -0.300 e. The van der Waals surface area contributed by atoms with Gasteiger partial charge in [0.25, 0.3) is 0 Å². The molecule has 0 aliphatic carbocycles. The van der Waals surface area contributed by atoms with E-state index in [0.29, 0.717) is 17.9 Å². The monoisotopic (exact) mass is 199 g/mol. The molecule has 0 aromatic heterocycles. The highest BCUT2D eigenvalue weighted by Gasteiger charge is 2.26. The molecule has 0 rings (SSSR count). The summed E-state index contributed by atoms with van der Waals surface area (Å²) in [7, 11) is 0. The summed E-state index contributed by atoms with van der Waals surface area (Å²) in [6.07, 6.45) is 1.05.